The molecule has 150 valence electrons. The van der Waals surface area contributed by atoms with E-state index in [4.69, 9.17) is 0 Å². The summed E-state index contributed by atoms with van der Waals surface area (Å²) in [5.41, 5.74) is 2.10. The summed E-state index contributed by atoms with van der Waals surface area (Å²) in [5.74, 6) is 1.18. The predicted octanol–water partition coefficient (Wildman–Crippen LogP) is 3.19. The van der Waals surface area contributed by atoms with Crippen molar-refractivity contribution in [2.45, 2.75) is 0 Å². The Morgan fingerprint density at radius 2 is 1.52 bits per heavy atom. The summed E-state index contributed by atoms with van der Waals surface area (Å²) in [6, 6.07) is 18.0. The van der Waals surface area contributed by atoms with Gasteiger partial charge in [-0.2, -0.15) is 4.98 Å². The van der Waals surface area contributed by atoms with E-state index in [1.165, 1.54) is 12.0 Å². The van der Waals surface area contributed by atoms with Gasteiger partial charge in [-0.15, -0.1) is 0 Å². The molecule has 29 heavy (non-hydrogen) atoms. The molecular weight excluding hydrogens is 383 g/mol. The minimum Gasteiger partial charge on any atom is -0.368 e. The highest BCUT2D eigenvalue weighted by Crippen LogP contribution is 2.34. The van der Waals surface area contributed by atoms with E-state index in [9.17, 15) is 4.57 Å². The van der Waals surface area contributed by atoms with Gasteiger partial charge in [0.2, 0.25) is 11.9 Å². The monoisotopic (exact) mass is 408 g/mol. The number of benzene rings is 2. The van der Waals surface area contributed by atoms with Crippen molar-refractivity contribution in [2.75, 3.05) is 54.6 Å². The summed E-state index contributed by atoms with van der Waals surface area (Å²) in [5, 5.41) is 4.06. The number of hydrogen-bond donors (Lipinski definition) is 1. The van der Waals surface area contributed by atoms with Crippen LogP contribution in [0, 0.1) is 0 Å². The van der Waals surface area contributed by atoms with E-state index in [2.05, 4.69) is 54.3 Å². The Morgan fingerprint density at radius 1 is 0.862 bits per heavy atom. The lowest BCUT2D eigenvalue weighted by atomic mass is 10.2. The molecule has 0 amide bonds. The Morgan fingerprint density at radius 3 is 2.17 bits per heavy atom. The van der Waals surface area contributed by atoms with E-state index in [1.807, 2.05) is 30.3 Å². The highest BCUT2D eigenvalue weighted by molar-refractivity contribution is 7.70. The highest BCUT2D eigenvalue weighted by atomic mass is 31.2. The van der Waals surface area contributed by atoms with Crippen LogP contribution < -0.4 is 20.4 Å². The molecule has 0 bridgehead atoms. The first-order chi connectivity index (χ1) is 14.0. The van der Waals surface area contributed by atoms with Crippen LogP contribution >= 0.6 is 7.14 Å². The number of piperazine rings is 1. The van der Waals surface area contributed by atoms with E-state index in [1.54, 1.807) is 13.3 Å². The zero-order valence-corrected chi connectivity index (χ0v) is 17.6. The average molecular weight is 408 g/mol. The van der Waals surface area contributed by atoms with E-state index >= 15 is 0 Å². The van der Waals surface area contributed by atoms with Gasteiger partial charge in [-0.05, 0) is 49.7 Å². The van der Waals surface area contributed by atoms with Gasteiger partial charge in [0, 0.05) is 42.9 Å². The summed E-state index contributed by atoms with van der Waals surface area (Å²) < 4.78 is 12.2. The fourth-order valence-electron chi connectivity index (χ4n) is 3.34. The first-order valence-corrected chi connectivity index (χ1v) is 12.3. The zero-order valence-electron chi connectivity index (χ0n) is 16.7. The van der Waals surface area contributed by atoms with Gasteiger partial charge in [0.15, 0.2) is 0 Å². The fourth-order valence-corrected chi connectivity index (χ4v) is 4.20. The average Bonchev–Trinajstić information content (AvgIpc) is 2.74. The molecule has 4 rings (SSSR count). The van der Waals surface area contributed by atoms with Crippen molar-refractivity contribution in [2.24, 2.45) is 0 Å². The number of anilines is 4. The molecule has 0 saturated carbocycles. The Kier molecular flexibility index (Phi) is 5.49. The number of nitrogens with one attached hydrogen (secondary N) is 1. The molecule has 0 atom stereocenters. The molecule has 3 aromatic rings. The summed E-state index contributed by atoms with van der Waals surface area (Å²) in [6.07, 6.45) is 1.54. The van der Waals surface area contributed by atoms with Crippen molar-refractivity contribution >= 4 is 35.7 Å². The van der Waals surface area contributed by atoms with Crippen molar-refractivity contribution in [1.82, 2.24) is 15.0 Å². The maximum atomic E-state index is 12.2. The lowest BCUT2D eigenvalue weighted by Crippen LogP contribution is -2.47. The predicted molar refractivity (Wildman–Crippen MR) is 120 cm³/mol. The number of para-hydroxylation sites is 1. The Hall–Kier alpha value is -2.92. The van der Waals surface area contributed by atoms with Gasteiger partial charge in [-0.25, -0.2) is 9.97 Å². The molecule has 7 nitrogen and oxygen atoms in total. The molecule has 1 fully saturated rings. The van der Waals surface area contributed by atoms with Gasteiger partial charge >= 0.3 is 0 Å². The normalized spacial score (nSPS) is 14.7. The first kappa shape index (κ1) is 19.4. The summed E-state index contributed by atoms with van der Waals surface area (Å²) in [6.45, 7) is 7.10. The SMILES string of the molecule is CP(C)(=O)c1ccc(Nc2ncnc(N3CCN(c4ccccc4)CC3)n2)cc1. The Balaban J connectivity index is 1.41. The molecule has 1 saturated heterocycles. The van der Waals surface area contributed by atoms with Crippen LogP contribution in [-0.2, 0) is 4.57 Å². The third kappa shape index (κ3) is 4.74. The zero-order chi connectivity index (χ0) is 20.3. The van der Waals surface area contributed by atoms with Crippen LogP contribution in [0.4, 0.5) is 23.3 Å². The molecule has 0 aliphatic carbocycles. The maximum absolute atomic E-state index is 12.2. The molecule has 1 aromatic heterocycles. The molecular formula is C21H25N6OP. The van der Waals surface area contributed by atoms with Gasteiger partial charge in [0.1, 0.15) is 13.5 Å². The third-order valence-electron chi connectivity index (χ3n) is 4.99. The van der Waals surface area contributed by atoms with Gasteiger partial charge < -0.3 is 19.7 Å². The van der Waals surface area contributed by atoms with E-state index < -0.39 is 7.14 Å². The van der Waals surface area contributed by atoms with Crippen molar-refractivity contribution in [1.29, 1.82) is 0 Å². The lowest BCUT2D eigenvalue weighted by Gasteiger charge is -2.36. The molecule has 2 heterocycles. The molecule has 1 aliphatic heterocycles. The van der Waals surface area contributed by atoms with Crippen LogP contribution in [0.3, 0.4) is 0 Å². The molecule has 0 unspecified atom stereocenters. The topological polar surface area (TPSA) is 74.2 Å². The molecule has 8 heteroatoms. The molecule has 0 spiro atoms. The van der Waals surface area contributed by atoms with E-state index in [0.29, 0.717) is 11.9 Å². The van der Waals surface area contributed by atoms with Gasteiger partial charge in [-0.3, -0.25) is 0 Å². The Labute approximate surface area is 171 Å². The van der Waals surface area contributed by atoms with Crippen molar-refractivity contribution < 1.29 is 4.57 Å². The van der Waals surface area contributed by atoms with Crippen LogP contribution in [0.15, 0.2) is 60.9 Å². The van der Waals surface area contributed by atoms with Crippen LogP contribution in [0.5, 0.6) is 0 Å². The molecule has 2 aromatic carbocycles. The van der Waals surface area contributed by atoms with Crippen molar-refractivity contribution in [3.8, 4) is 0 Å². The lowest BCUT2D eigenvalue weighted by molar-refractivity contribution is 0.588. The smallest absolute Gasteiger partial charge is 0.231 e. The second-order valence-electron chi connectivity index (χ2n) is 7.44. The van der Waals surface area contributed by atoms with E-state index in [0.717, 1.165) is 37.2 Å². The minimum atomic E-state index is -2.25. The number of aromatic nitrogens is 3. The summed E-state index contributed by atoms with van der Waals surface area (Å²) in [4.78, 5) is 17.7. The van der Waals surface area contributed by atoms with Gasteiger partial charge in [0.05, 0.1) is 0 Å². The maximum Gasteiger partial charge on any atom is 0.231 e. The van der Waals surface area contributed by atoms with Crippen LogP contribution in [0.1, 0.15) is 0 Å². The van der Waals surface area contributed by atoms with Gasteiger partial charge in [0.25, 0.3) is 0 Å². The van der Waals surface area contributed by atoms with E-state index in [-0.39, 0.29) is 0 Å². The number of hydrogen-bond acceptors (Lipinski definition) is 7. The molecule has 1 aliphatic rings. The fraction of sp³-hybridized carbons (Fsp3) is 0.286. The quantitative estimate of drug-likeness (QED) is 0.650. The van der Waals surface area contributed by atoms with Gasteiger partial charge in [-0.1, -0.05) is 18.2 Å². The number of rotatable bonds is 5. The van der Waals surface area contributed by atoms with Crippen LogP contribution in [0.25, 0.3) is 0 Å². The minimum absolute atomic E-state index is 0.504. The third-order valence-corrected chi connectivity index (χ3v) is 6.53. The second-order valence-corrected chi connectivity index (χ2v) is 10.7. The number of nitrogens with zero attached hydrogens (tertiary/aromatic N) is 5. The highest BCUT2D eigenvalue weighted by Gasteiger charge is 2.19. The molecule has 1 N–H and O–H groups in total. The first-order valence-electron chi connectivity index (χ1n) is 9.66. The van der Waals surface area contributed by atoms with Crippen molar-refractivity contribution in [3.05, 3.63) is 60.9 Å². The largest absolute Gasteiger partial charge is 0.368 e. The second kappa shape index (κ2) is 8.21. The standard InChI is InChI=1S/C21H25N6OP/c1-29(2,28)19-10-8-17(9-11-19)24-20-22-16-23-21(25-20)27-14-12-26(13-15-27)18-6-4-3-5-7-18/h3-11,16H,12-15H2,1-2H3,(H,22,23,24,25). The van der Waals surface area contributed by atoms with Crippen LogP contribution in [0.2, 0.25) is 0 Å². The molecule has 0 radical (unpaired) electrons. The summed E-state index contributed by atoms with van der Waals surface area (Å²) in [7, 11) is -2.25. The summed E-state index contributed by atoms with van der Waals surface area (Å²) >= 11 is 0. The Bertz CT molecular complexity index is 997. The van der Waals surface area contributed by atoms with Crippen LogP contribution in [-0.4, -0.2) is 54.5 Å². The van der Waals surface area contributed by atoms with Crippen molar-refractivity contribution in [3.63, 3.8) is 0 Å².